The van der Waals surface area contributed by atoms with Gasteiger partial charge in [-0.1, -0.05) is 6.07 Å². The summed E-state index contributed by atoms with van der Waals surface area (Å²) in [6.45, 7) is 5.04. The molecule has 0 aliphatic carbocycles. The first-order valence-electron chi connectivity index (χ1n) is 9.25. The summed E-state index contributed by atoms with van der Waals surface area (Å²) >= 11 is 3.36. The summed E-state index contributed by atoms with van der Waals surface area (Å²) in [4.78, 5) is 15.3. The van der Waals surface area contributed by atoms with E-state index in [9.17, 15) is 5.26 Å². The van der Waals surface area contributed by atoms with Crippen LogP contribution in [0.15, 0.2) is 17.5 Å². The van der Waals surface area contributed by atoms with Crippen molar-refractivity contribution in [2.75, 3.05) is 24.2 Å². The maximum absolute atomic E-state index is 9.23. The molecule has 9 heteroatoms. The molecule has 0 atom stereocenters. The van der Waals surface area contributed by atoms with Crippen molar-refractivity contribution in [2.45, 2.75) is 26.7 Å². The monoisotopic (exact) mass is 423 g/mol. The zero-order valence-electron chi connectivity index (χ0n) is 16.5. The second-order valence-corrected chi connectivity index (χ2v) is 9.06. The molecule has 4 aromatic heterocycles. The van der Waals surface area contributed by atoms with Crippen molar-refractivity contribution in [1.82, 2.24) is 20.2 Å². The smallest absolute Gasteiger partial charge is 0.173 e. The third-order valence-corrected chi connectivity index (χ3v) is 6.98. The van der Waals surface area contributed by atoms with Gasteiger partial charge in [-0.05, 0) is 43.7 Å². The lowest BCUT2D eigenvalue weighted by Crippen LogP contribution is -2.21. The minimum absolute atomic E-state index is 0.262. The summed E-state index contributed by atoms with van der Waals surface area (Å²) in [6.07, 6.45) is 1.54. The number of aryl methyl sites for hydroxylation is 3. The molecule has 0 saturated heterocycles. The Labute approximate surface area is 176 Å². The summed E-state index contributed by atoms with van der Waals surface area (Å²) in [5.74, 6) is 1.98. The van der Waals surface area contributed by atoms with Crippen LogP contribution in [-0.4, -0.2) is 33.8 Å². The molecule has 3 N–H and O–H groups in total. The molecule has 0 saturated carbocycles. The standard InChI is InChI=1S/C20H21N7S2/c1-11-12(2)29-20-16(11)19(23-18(24-20)15-7-5-9-28-15)27(3)8-4-6-14-13(10-21)17(22)26-25-14/h5,7,9H,4,6,8H2,1-3H3,(H3,22,25,26). The highest BCUT2D eigenvalue weighted by molar-refractivity contribution is 7.19. The van der Waals surface area contributed by atoms with Crippen LogP contribution in [0.1, 0.15) is 28.1 Å². The molecule has 4 heterocycles. The number of nitrogens with two attached hydrogens (primary N) is 1. The van der Waals surface area contributed by atoms with E-state index in [0.717, 1.165) is 45.4 Å². The molecule has 4 rings (SSSR count). The minimum atomic E-state index is 0.262. The van der Waals surface area contributed by atoms with Crippen LogP contribution in [0.25, 0.3) is 20.9 Å². The van der Waals surface area contributed by atoms with Gasteiger partial charge in [-0.15, -0.1) is 22.7 Å². The van der Waals surface area contributed by atoms with Crippen LogP contribution >= 0.6 is 22.7 Å². The number of nitriles is 1. The molecule has 29 heavy (non-hydrogen) atoms. The first kappa shape index (κ1) is 19.4. The number of nitrogen functional groups attached to an aromatic ring is 1. The van der Waals surface area contributed by atoms with Crippen molar-refractivity contribution < 1.29 is 0 Å². The molecule has 0 aromatic carbocycles. The second-order valence-electron chi connectivity index (χ2n) is 6.91. The number of nitrogens with zero attached hydrogens (tertiary/aromatic N) is 5. The number of hydrogen-bond acceptors (Lipinski definition) is 8. The Kier molecular flexibility index (Phi) is 5.22. The number of aromatic amines is 1. The number of aromatic nitrogens is 4. The van der Waals surface area contributed by atoms with E-state index in [0.29, 0.717) is 12.0 Å². The lowest BCUT2D eigenvalue weighted by atomic mass is 10.1. The number of nitrogens with one attached hydrogen (secondary N) is 1. The van der Waals surface area contributed by atoms with Crippen LogP contribution in [0.2, 0.25) is 0 Å². The van der Waals surface area contributed by atoms with Gasteiger partial charge in [0.2, 0.25) is 0 Å². The summed E-state index contributed by atoms with van der Waals surface area (Å²) in [5.41, 5.74) is 8.19. The average molecular weight is 424 g/mol. The van der Waals surface area contributed by atoms with E-state index in [1.165, 1.54) is 10.4 Å². The van der Waals surface area contributed by atoms with Crippen LogP contribution in [0.3, 0.4) is 0 Å². The van der Waals surface area contributed by atoms with Crippen molar-refractivity contribution >= 4 is 44.5 Å². The Balaban J connectivity index is 1.62. The number of thiophene rings is 2. The molecule has 0 fully saturated rings. The van der Waals surface area contributed by atoms with Gasteiger partial charge in [0, 0.05) is 18.5 Å². The summed E-state index contributed by atoms with van der Waals surface area (Å²) in [6, 6.07) is 6.19. The largest absolute Gasteiger partial charge is 0.381 e. The van der Waals surface area contributed by atoms with E-state index in [-0.39, 0.29) is 5.82 Å². The maximum atomic E-state index is 9.23. The van der Waals surface area contributed by atoms with Gasteiger partial charge in [0.15, 0.2) is 11.6 Å². The van der Waals surface area contributed by atoms with Gasteiger partial charge in [-0.25, -0.2) is 9.97 Å². The van der Waals surface area contributed by atoms with E-state index in [2.05, 4.69) is 48.1 Å². The normalized spacial score (nSPS) is 11.1. The fourth-order valence-electron chi connectivity index (χ4n) is 3.32. The highest BCUT2D eigenvalue weighted by atomic mass is 32.1. The van der Waals surface area contributed by atoms with Crippen LogP contribution < -0.4 is 10.6 Å². The van der Waals surface area contributed by atoms with E-state index in [1.54, 1.807) is 22.7 Å². The third-order valence-electron chi connectivity index (χ3n) is 5.01. The summed E-state index contributed by atoms with van der Waals surface area (Å²) in [5, 5.41) is 19.2. The molecule has 0 bridgehead atoms. The molecule has 0 radical (unpaired) electrons. The molecule has 7 nitrogen and oxygen atoms in total. The Morgan fingerprint density at radius 2 is 2.14 bits per heavy atom. The van der Waals surface area contributed by atoms with Gasteiger partial charge in [-0.2, -0.15) is 10.4 Å². The van der Waals surface area contributed by atoms with E-state index in [4.69, 9.17) is 15.7 Å². The lowest BCUT2D eigenvalue weighted by molar-refractivity contribution is 0.761. The molecular formula is C20H21N7S2. The molecule has 0 amide bonds. The van der Waals surface area contributed by atoms with Crippen LogP contribution in [-0.2, 0) is 6.42 Å². The van der Waals surface area contributed by atoms with Crippen LogP contribution in [0, 0.1) is 25.2 Å². The van der Waals surface area contributed by atoms with E-state index in [1.807, 2.05) is 11.4 Å². The quantitative estimate of drug-likeness (QED) is 0.479. The predicted octanol–water partition coefficient (Wildman–Crippen LogP) is 4.28. The number of hydrogen-bond donors (Lipinski definition) is 2. The van der Waals surface area contributed by atoms with Crippen LogP contribution in [0.4, 0.5) is 11.6 Å². The van der Waals surface area contributed by atoms with Gasteiger partial charge >= 0.3 is 0 Å². The number of rotatable bonds is 6. The van der Waals surface area contributed by atoms with Gasteiger partial charge in [0.25, 0.3) is 0 Å². The fourth-order valence-corrected chi connectivity index (χ4v) is 5.00. The minimum Gasteiger partial charge on any atom is -0.381 e. The molecule has 4 aromatic rings. The highest BCUT2D eigenvalue weighted by Crippen LogP contribution is 2.37. The van der Waals surface area contributed by atoms with Crippen molar-refractivity contribution in [3.63, 3.8) is 0 Å². The van der Waals surface area contributed by atoms with Crippen molar-refractivity contribution in [2.24, 2.45) is 0 Å². The number of fused-ring (bicyclic) bond motifs is 1. The lowest BCUT2D eigenvalue weighted by Gasteiger charge is -2.20. The number of H-pyrrole nitrogens is 1. The van der Waals surface area contributed by atoms with E-state index < -0.39 is 0 Å². The predicted molar refractivity (Wildman–Crippen MR) is 120 cm³/mol. The summed E-state index contributed by atoms with van der Waals surface area (Å²) < 4.78 is 0. The Bertz CT molecular complexity index is 1200. The third kappa shape index (κ3) is 3.57. The SMILES string of the molecule is Cc1sc2nc(-c3cccs3)nc(N(C)CCCc3[nH]nc(N)c3C#N)c2c1C. The zero-order chi connectivity index (χ0) is 20.5. The molecule has 0 spiro atoms. The Morgan fingerprint density at radius 1 is 1.31 bits per heavy atom. The number of anilines is 2. The Hall–Kier alpha value is -2.96. The van der Waals surface area contributed by atoms with Gasteiger partial charge in [0.1, 0.15) is 22.3 Å². The molecular weight excluding hydrogens is 402 g/mol. The zero-order valence-corrected chi connectivity index (χ0v) is 18.1. The molecule has 0 aliphatic rings. The first-order valence-corrected chi connectivity index (χ1v) is 10.9. The summed E-state index contributed by atoms with van der Waals surface area (Å²) in [7, 11) is 2.05. The highest BCUT2D eigenvalue weighted by Gasteiger charge is 2.19. The topological polar surface area (TPSA) is 108 Å². The molecule has 0 aliphatic heterocycles. The average Bonchev–Trinajstić information content (AvgIpc) is 3.42. The second kappa shape index (κ2) is 7.81. The van der Waals surface area contributed by atoms with Gasteiger partial charge < -0.3 is 10.6 Å². The fraction of sp³-hybridized carbons (Fsp3) is 0.300. The van der Waals surface area contributed by atoms with E-state index >= 15 is 0 Å². The molecule has 0 unspecified atom stereocenters. The van der Waals surface area contributed by atoms with Crippen molar-refractivity contribution in [3.8, 4) is 16.8 Å². The van der Waals surface area contributed by atoms with Crippen molar-refractivity contribution in [3.05, 3.63) is 39.2 Å². The first-order chi connectivity index (χ1) is 14.0. The van der Waals surface area contributed by atoms with Gasteiger partial charge in [-0.3, -0.25) is 5.10 Å². The maximum Gasteiger partial charge on any atom is 0.173 e. The molecule has 148 valence electrons. The van der Waals surface area contributed by atoms with Gasteiger partial charge in [0.05, 0.1) is 16.0 Å². The van der Waals surface area contributed by atoms with Crippen molar-refractivity contribution in [1.29, 1.82) is 5.26 Å². The van der Waals surface area contributed by atoms with Crippen LogP contribution in [0.5, 0.6) is 0 Å². The Morgan fingerprint density at radius 3 is 2.86 bits per heavy atom.